The number of hydrogen-bond acceptors (Lipinski definition) is 0. The highest BCUT2D eigenvalue weighted by Gasteiger charge is 2.00. The molecule has 3 aromatic carbocycles. The highest BCUT2D eigenvalue weighted by molar-refractivity contribution is 6.51. The van der Waals surface area contributed by atoms with Gasteiger partial charge in [-0.25, -0.2) is 4.39 Å². The first-order valence-electron chi connectivity index (χ1n) is 8.85. The standard InChI is InChI=1S/C25H19BF/c1-18-4-5-22(16-19(18)2)11-10-20-6-8-21(9-7-20)12-13-23-14-15-24(26-3)17-25(23)27/h4-9,14-17H,1-3H3. The second-order valence-electron chi connectivity index (χ2n) is 6.40. The quantitative estimate of drug-likeness (QED) is 0.444. The van der Waals surface area contributed by atoms with Crippen LogP contribution in [0.15, 0.2) is 60.7 Å². The molecule has 0 nitrogen and oxygen atoms in total. The number of aryl methyl sites for hydroxylation is 2. The molecule has 0 N–H and O–H groups in total. The Hall–Kier alpha value is -3.23. The molecule has 0 aliphatic rings. The van der Waals surface area contributed by atoms with Gasteiger partial charge in [0.25, 0.3) is 0 Å². The first kappa shape index (κ1) is 18.6. The van der Waals surface area contributed by atoms with Crippen LogP contribution in [0.4, 0.5) is 4.39 Å². The van der Waals surface area contributed by atoms with Crippen LogP contribution in [0.3, 0.4) is 0 Å². The van der Waals surface area contributed by atoms with E-state index in [0.29, 0.717) is 5.56 Å². The molecule has 129 valence electrons. The molecule has 0 aliphatic heterocycles. The minimum absolute atomic E-state index is 0.297. The molecule has 0 amide bonds. The van der Waals surface area contributed by atoms with Gasteiger partial charge in [-0.1, -0.05) is 48.1 Å². The second-order valence-corrected chi connectivity index (χ2v) is 6.40. The number of rotatable bonds is 1. The Morgan fingerprint density at radius 1 is 0.667 bits per heavy atom. The van der Waals surface area contributed by atoms with Gasteiger partial charge in [0.05, 0.1) is 5.56 Å². The van der Waals surface area contributed by atoms with Crippen LogP contribution < -0.4 is 5.46 Å². The Kier molecular flexibility index (Phi) is 5.80. The van der Waals surface area contributed by atoms with Crippen LogP contribution in [0.5, 0.6) is 0 Å². The lowest BCUT2D eigenvalue weighted by atomic mass is 9.73. The van der Waals surface area contributed by atoms with Gasteiger partial charge in [-0.3, -0.25) is 0 Å². The first-order chi connectivity index (χ1) is 13.0. The molecule has 3 aromatic rings. The average Bonchev–Trinajstić information content (AvgIpc) is 2.68. The lowest BCUT2D eigenvalue weighted by Crippen LogP contribution is -2.10. The molecule has 0 atom stereocenters. The second kappa shape index (κ2) is 8.44. The predicted octanol–water partition coefficient (Wildman–Crippen LogP) is 4.62. The van der Waals surface area contributed by atoms with E-state index in [0.717, 1.165) is 22.2 Å². The lowest BCUT2D eigenvalue weighted by Gasteiger charge is -1.99. The number of halogens is 1. The van der Waals surface area contributed by atoms with Crippen LogP contribution in [0.25, 0.3) is 0 Å². The smallest absolute Gasteiger partial charge is 0.148 e. The third-order valence-corrected chi connectivity index (χ3v) is 4.41. The van der Waals surface area contributed by atoms with Crippen molar-refractivity contribution in [2.75, 3.05) is 0 Å². The molecule has 3 rings (SSSR count). The van der Waals surface area contributed by atoms with Gasteiger partial charge in [0, 0.05) is 16.7 Å². The van der Waals surface area contributed by atoms with Crippen LogP contribution in [-0.4, -0.2) is 7.28 Å². The minimum Gasteiger partial charge on any atom is -0.206 e. The molecule has 0 aromatic heterocycles. The summed E-state index contributed by atoms with van der Waals surface area (Å²) in [4.78, 5) is 0. The summed E-state index contributed by atoms with van der Waals surface area (Å²) >= 11 is 0. The van der Waals surface area contributed by atoms with E-state index >= 15 is 0 Å². The minimum atomic E-state index is -0.297. The maximum absolute atomic E-state index is 14.0. The lowest BCUT2D eigenvalue weighted by molar-refractivity contribution is 0.625. The third kappa shape index (κ3) is 4.90. The van der Waals surface area contributed by atoms with Crippen molar-refractivity contribution in [2.24, 2.45) is 0 Å². The summed E-state index contributed by atoms with van der Waals surface area (Å²) in [5.74, 6) is 12.0. The van der Waals surface area contributed by atoms with Gasteiger partial charge in [0.15, 0.2) is 0 Å². The topological polar surface area (TPSA) is 0 Å². The van der Waals surface area contributed by atoms with Gasteiger partial charge in [-0.05, 0) is 73.5 Å². The van der Waals surface area contributed by atoms with Crippen molar-refractivity contribution in [3.8, 4) is 23.7 Å². The summed E-state index contributed by atoms with van der Waals surface area (Å²) in [5.41, 5.74) is 6.52. The summed E-state index contributed by atoms with van der Waals surface area (Å²) in [6, 6.07) is 19.0. The van der Waals surface area contributed by atoms with E-state index in [1.165, 1.54) is 17.2 Å². The van der Waals surface area contributed by atoms with Crippen molar-refractivity contribution in [3.05, 3.63) is 99.9 Å². The molecular weight excluding hydrogens is 330 g/mol. The summed E-state index contributed by atoms with van der Waals surface area (Å²) < 4.78 is 14.0. The third-order valence-electron chi connectivity index (χ3n) is 4.41. The van der Waals surface area contributed by atoms with E-state index in [4.69, 9.17) is 0 Å². The van der Waals surface area contributed by atoms with E-state index in [1.807, 2.05) is 50.5 Å². The van der Waals surface area contributed by atoms with Crippen molar-refractivity contribution in [1.82, 2.24) is 0 Å². The molecule has 2 heteroatoms. The zero-order valence-corrected chi connectivity index (χ0v) is 15.7. The van der Waals surface area contributed by atoms with Gasteiger partial charge < -0.3 is 0 Å². The Morgan fingerprint density at radius 3 is 1.85 bits per heavy atom. The molecule has 1 radical (unpaired) electrons. The predicted molar refractivity (Wildman–Crippen MR) is 112 cm³/mol. The fraction of sp³-hybridized carbons (Fsp3) is 0.120. The summed E-state index contributed by atoms with van der Waals surface area (Å²) in [6.45, 7) is 6.06. The molecule has 0 fully saturated rings. The highest BCUT2D eigenvalue weighted by atomic mass is 19.1. The Bertz CT molecular complexity index is 1090. The summed E-state index contributed by atoms with van der Waals surface area (Å²) in [7, 11) is 1.86. The molecule has 0 unspecified atom stereocenters. The number of hydrogen-bond donors (Lipinski definition) is 0. The average molecular weight is 349 g/mol. The van der Waals surface area contributed by atoms with Gasteiger partial charge >= 0.3 is 0 Å². The maximum atomic E-state index is 14.0. The van der Waals surface area contributed by atoms with Crippen LogP contribution in [0.2, 0.25) is 6.82 Å². The zero-order valence-electron chi connectivity index (χ0n) is 15.7. The largest absolute Gasteiger partial charge is 0.206 e. The van der Waals surface area contributed by atoms with E-state index in [1.54, 1.807) is 6.07 Å². The van der Waals surface area contributed by atoms with Crippen molar-refractivity contribution in [1.29, 1.82) is 0 Å². The zero-order chi connectivity index (χ0) is 19.2. The SMILES string of the molecule is C[B]c1ccc(C#Cc2ccc(C#Cc3ccc(C)c(C)c3)cc2)c(F)c1. The van der Waals surface area contributed by atoms with Gasteiger partial charge in [0.2, 0.25) is 0 Å². The van der Waals surface area contributed by atoms with Gasteiger partial charge in [-0.2, -0.15) is 0 Å². The summed E-state index contributed by atoms with van der Waals surface area (Å²) in [5, 5.41) is 0. The Labute approximate surface area is 161 Å². The molecule has 0 saturated carbocycles. The monoisotopic (exact) mass is 349 g/mol. The van der Waals surface area contributed by atoms with Gasteiger partial charge in [-0.15, -0.1) is 0 Å². The van der Waals surface area contributed by atoms with Crippen LogP contribution >= 0.6 is 0 Å². The number of benzene rings is 3. The fourth-order valence-corrected chi connectivity index (χ4v) is 2.55. The fourth-order valence-electron chi connectivity index (χ4n) is 2.55. The van der Waals surface area contributed by atoms with Crippen LogP contribution in [0.1, 0.15) is 33.4 Å². The maximum Gasteiger partial charge on any atom is 0.148 e. The normalized spacial score (nSPS) is 9.63. The van der Waals surface area contributed by atoms with Crippen LogP contribution in [0, 0.1) is 43.3 Å². The van der Waals surface area contributed by atoms with Crippen molar-refractivity contribution in [3.63, 3.8) is 0 Å². The van der Waals surface area contributed by atoms with Crippen molar-refractivity contribution in [2.45, 2.75) is 20.7 Å². The summed E-state index contributed by atoms with van der Waals surface area (Å²) in [6.07, 6.45) is 0. The van der Waals surface area contributed by atoms with E-state index in [9.17, 15) is 4.39 Å². The molecule has 0 saturated heterocycles. The van der Waals surface area contributed by atoms with Crippen molar-refractivity contribution >= 4 is 12.7 Å². The first-order valence-corrected chi connectivity index (χ1v) is 8.85. The molecule has 27 heavy (non-hydrogen) atoms. The van der Waals surface area contributed by atoms with E-state index < -0.39 is 0 Å². The Morgan fingerprint density at radius 2 is 1.26 bits per heavy atom. The molecule has 0 aliphatic carbocycles. The van der Waals surface area contributed by atoms with Crippen LogP contribution in [-0.2, 0) is 0 Å². The van der Waals surface area contributed by atoms with E-state index in [-0.39, 0.29) is 5.82 Å². The highest BCUT2D eigenvalue weighted by Crippen LogP contribution is 2.09. The van der Waals surface area contributed by atoms with Gasteiger partial charge in [0.1, 0.15) is 13.1 Å². The molecule has 0 heterocycles. The Balaban J connectivity index is 1.75. The molecule has 0 bridgehead atoms. The molecule has 0 spiro atoms. The van der Waals surface area contributed by atoms with E-state index in [2.05, 4.69) is 49.7 Å². The molecular formula is C25H19BF. The van der Waals surface area contributed by atoms with Crippen molar-refractivity contribution < 1.29 is 4.39 Å².